The van der Waals surface area contributed by atoms with Gasteiger partial charge in [-0.25, -0.2) is 8.78 Å². The normalized spacial score (nSPS) is 11.1. The Hall–Kier alpha value is -2.30. The van der Waals surface area contributed by atoms with Crippen molar-refractivity contribution in [3.05, 3.63) is 47.8 Å². The summed E-state index contributed by atoms with van der Waals surface area (Å²) in [5, 5.41) is 6.62. The van der Waals surface area contributed by atoms with Crippen LogP contribution in [0.25, 0.3) is 22.2 Å². The minimum absolute atomic E-state index is 0.0113. The van der Waals surface area contributed by atoms with E-state index < -0.39 is 11.6 Å². The number of H-pyrrole nitrogens is 1. The third-order valence-electron chi connectivity index (χ3n) is 2.92. The van der Waals surface area contributed by atoms with Crippen LogP contribution < -0.4 is 0 Å². The molecule has 90 valence electrons. The van der Waals surface area contributed by atoms with Crippen molar-refractivity contribution >= 4 is 11.0 Å². The molecule has 0 bridgehead atoms. The zero-order valence-electron chi connectivity index (χ0n) is 9.54. The number of aromatic amines is 1. The molecule has 0 radical (unpaired) electrons. The highest BCUT2D eigenvalue weighted by atomic mass is 19.1. The molecular weight excluding hydrogens is 236 g/mol. The largest absolute Gasteiger partial charge is 0.276 e. The van der Waals surface area contributed by atoms with E-state index in [1.165, 1.54) is 19.1 Å². The fraction of sp³-hybridized carbons (Fsp3) is 0.0769. The molecule has 0 aliphatic heterocycles. The Labute approximate surface area is 101 Å². The molecule has 1 N–H and O–H groups in total. The maximum Gasteiger partial charge on any atom is 0.136 e. The van der Waals surface area contributed by atoms with E-state index in [-0.39, 0.29) is 5.56 Å². The van der Waals surface area contributed by atoms with Crippen LogP contribution in [0.1, 0.15) is 5.56 Å². The first-order chi connectivity index (χ1) is 8.66. The van der Waals surface area contributed by atoms with Crippen LogP contribution in [0.5, 0.6) is 0 Å². The Kier molecular flexibility index (Phi) is 2.33. The van der Waals surface area contributed by atoms with E-state index in [2.05, 4.69) is 15.2 Å². The maximum atomic E-state index is 14.0. The van der Waals surface area contributed by atoms with Gasteiger partial charge in [-0.1, -0.05) is 0 Å². The Balaban J connectivity index is 2.22. The number of nitrogens with zero attached hydrogens (tertiary/aromatic N) is 2. The van der Waals surface area contributed by atoms with E-state index in [0.717, 1.165) is 0 Å². The number of halogens is 2. The second kappa shape index (κ2) is 3.87. The SMILES string of the molecule is Cc1c(F)ccc(-c2cnc3cn[nH]c3c2)c1F. The van der Waals surface area contributed by atoms with E-state index >= 15 is 0 Å². The van der Waals surface area contributed by atoms with Crippen LogP contribution in [0.15, 0.2) is 30.6 Å². The Bertz CT molecular complexity index is 734. The van der Waals surface area contributed by atoms with Crippen molar-refractivity contribution in [2.45, 2.75) is 6.92 Å². The highest BCUT2D eigenvalue weighted by Crippen LogP contribution is 2.27. The molecule has 0 aliphatic carbocycles. The van der Waals surface area contributed by atoms with Crippen molar-refractivity contribution in [2.75, 3.05) is 0 Å². The van der Waals surface area contributed by atoms with Crippen molar-refractivity contribution in [2.24, 2.45) is 0 Å². The lowest BCUT2D eigenvalue weighted by Crippen LogP contribution is -1.93. The minimum atomic E-state index is -0.560. The van der Waals surface area contributed by atoms with Gasteiger partial charge in [0.05, 0.1) is 11.7 Å². The second-order valence-electron chi connectivity index (χ2n) is 4.06. The Morgan fingerprint density at radius 1 is 1.17 bits per heavy atom. The molecule has 3 aromatic rings. The first-order valence-corrected chi connectivity index (χ1v) is 5.41. The molecule has 0 spiro atoms. The zero-order valence-corrected chi connectivity index (χ0v) is 9.54. The summed E-state index contributed by atoms with van der Waals surface area (Å²) in [5.41, 5.74) is 2.36. The lowest BCUT2D eigenvalue weighted by Gasteiger charge is -2.06. The molecule has 0 unspecified atom stereocenters. The van der Waals surface area contributed by atoms with Crippen LogP contribution in [0, 0.1) is 18.6 Å². The first kappa shape index (κ1) is 10.8. The van der Waals surface area contributed by atoms with Gasteiger partial charge in [0.15, 0.2) is 0 Å². The summed E-state index contributed by atoms with van der Waals surface area (Å²) in [5.74, 6) is -1.11. The van der Waals surface area contributed by atoms with Crippen molar-refractivity contribution in [3.63, 3.8) is 0 Å². The third-order valence-corrected chi connectivity index (χ3v) is 2.92. The number of nitrogens with one attached hydrogen (secondary N) is 1. The highest BCUT2D eigenvalue weighted by Gasteiger charge is 2.12. The molecule has 1 aromatic carbocycles. The van der Waals surface area contributed by atoms with Gasteiger partial charge in [-0.3, -0.25) is 10.1 Å². The fourth-order valence-electron chi connectivity index (χ4n) is 1.86. The van der Waals surface area contributed by atoms with Gasteiger partial charge in [-0.2, -0.15) is 5.10 Å². The molecule has 18 heavy (non-hydrogen) atoms. The quantitative estimate of drug-likeness (QED) is 0.715. The molecule has 0 saturated heterocycles. The summed E-state index contributed by atoms with van der Waals surface area (Å²) in [6, 6.07) is 4.41. The smallest absolute Gasteiger partial charge is 0.136 e. The predicted molar refractivity (Wildman–Crippen MR) is 64.0 cm³/mol. The van der Waals surface area contributed by atoms with Crippen LogP contribution in [0.4, 0.5) is 8.78 Å². The topological polar surface area (TPSA) is 41.6 Å². The average Bonchev–Trinajstić information content (AvgIpc) is 2.83. The summed E-state index contributed by atoms with van der Waals surface area (Å²) in [6.45, 7) is 1.41. The predicted octanol–water partition coefficient (Wildman–Crippen LogP) is 3.21. The average molecular weight is 245 g/mol. The number of pyridine rings is 1. The molecule has 0 aliphatic rings. The van der Waals surface area contributed by atoms with E-state index in [4.69, 9.17) is 0 Å². The van der Waals surface area contributed by atoms with E-state index in [9.17, 15) is 8.78 Å². The summed E-state index contributed by atoms with van der Waals surface area (Å²) < 4.78 is 27.2. The van der Waals surface area contributed by atoms with Crippen LogP contribution in [-0.4, -0.2) is 15.2 Å². The van der Waals surface area contributed by atoms with Gasteiger partial charge >= 0.3 is 0 Å². The van der Waals surface area contributed by atoms with Gasteiger partial charge in [0.1, 0.15) is 17.2 Å². The summed E-state index contributed by atoms with van der Waals surface area (Å²) >= 11 is 0. The number of benzene rings is 1. The van der Waals surface area contributed by atoms with Crippen LogP contribution in [-0.2, 0) is 0 Å². The number of rotatable bonds is 1. The van der Waals surface area contributed by atoms with Gasteiger partial charge in [0.2, 0.25) is 0 Å². The monoisotopic (exact) mass is 245 g/mol. The van der Waals surface area contributed by atoms with Crippen molar-refractivity contribution in [1.29, 1.82) is 0 Å². The molecule has 2 heterocycles. The standard InChI is InChI=1S/C13H9F2N3/c1-7-10(14)3-2-9(13(7)15)8-4-11-12(16-5-8)6-17-18-11/h2-6H,1H3,(H,17,18). The Morgan fingerprint density at radius 3 is 2.83 bits per heavy atom. The van der Waals surface area contributed by atoms with Gasteiger partial charge < -0.3 is 0 Å². The van der Waals surface area contributed by atoms with Gasteiger partial charge in [0, 0.05) is 22.9 Å². The molecule has 0 fully saturated rings. The van der Waals surface area contributed by atoms with Crippen LogP contribution >= 0.6 is 0 Å². The number of aromatic nitrogens is 3. The fourth-order valence-corrected chi connectivity index (χ4v) is 1.86. The minimum Gasteiger partial charge on any atom is -0.276 e. The van der Waals surface area contributed by atoms with Crippen molar-refractivity contribution < 1.29 is 8.78 Å². The van der Waals surface area contributed by atoms with Crippen molar-refractivity contribution in [1.82, 2.24) is 15.2 Å². The molecule has 2 aromatic heterocycles. The molecule has 0 atom stereocenters. The molecular formula is C13H9F2N3. The second-order valence-corrected chi connectivity index (χ2v) is 4.06. The number of fused-ring (bicyclic) bond motifs is 1. The van der Waals surface area contributed by atoms with Gasteiger partial charge in [-0.15, -0.1) is 0 Å². The zero-order chi connectivity index (χ0) is 12.7. The van der Waals surface area contributed by atoms with Crippen LogP contribution in [0.2, 0.25) is 0 Å². The summed E-state index contributed by atoms with van der Waals surface area (Å²) in [4.78, 5) is 4.16. The summed E-state index contributed by atoms with van der Waals surface area (Å²) in [7, 11) is 0. The molecule has 3 rings (SSSR count). The van der Waals surface area contributed by atoms with E-state index in [1.54, 1.807) is 18.5 Å². The molecule has 5 heteroatoms. The lowest BCUT2D eigenvalue weighted by molar-refractivity contribution is 0.570. The van der Waals surface area contributed by atoms with E-state index in [0.29, 0.717) is 22.2 Å². The number of hydrogen-bond donors (Lipinski definition) is 1. The molecule has 0 saturated carbocycles. The summed E-state index contributed by atoms with van der Waals surface area (Å²) in [6.07, 6.45) is 3.14. The first-order valence-electron chi connectivity index (χ1n) is 5.41. The third kappa shape index (κ3) is 1.55. The van der Waals surface area contributed by atoms with Gasteiger partial charge in [0.25, 0.3) is 0 Å². The van der Waals surface area contributed by atoms with Crippen LogP contribution in [0.3, 0.4) is 0 Å². The van der Waals surface area contributed by atoms with E-state index in [1.807, 2.05) is 0 Å². The van der Waals surface area contributed by atoms with Crippen molar-refractivity contribution in [3.8, 4) is 11.1 Å². The highest BCUT2D eigenvalue weighted by molar-refractivity contribution is 5.79. The molecule has 0 amide bonds. The molecule has 3 nitrogen and oxygen atoms in total. The maximum absolute atomic E-state index is 14.0. The Morgan fingerprint density at radius 2 is 2.00 bits per heavy atom. The van der Waals surface area contributed by atoms with Gasteiger partial charge in [-0.05, 0) is 25.1 Å². The lowest BCUT2D eigenvalue weighted by atomic mass is 10.0. The number of hydrogen-bond acceptors (Lipinski definition) is 2.